The van der Waals surface area contributed by atoms with Gasteiger partial charge in [-0.1, -0.05) is 97.7 Å². The van der Waals surface area contributed by atoms with Gasteiger partial charge in [0.25, 0.3) is 0 Å². The summed E-state index contributed by atoms with van der Waals surface area (Å²) < 4.78 is 7.02. The quantitative estimate of drug-likeness (QED) is 0.215. The molecule has 4 aliphatic heterocycles. The summed E-state index contributed by atoms with van der Waals surface area (Å²) in [4.78, 5) is 26.9. The number of alkyl halides is 7. The van der Waals surface area contributed by atoms with Crippen LogP contribution in [0.5, 0.6) is 0 Å². The van der Waals surface area contributed by atoms with E-state index in [1.165, 1.54) is 0 Å². The molecule has 4 unspecified atom stereocenters. The van der Waals surface area contributed by atoms with Crippen molar-refractivity contribution in [3.05, 3.63) is 25.3 Å². The molecule has 4 heterocycles. The minimum atomic E-state index is -1.61. The molecule has 0 radical (unpaired) electrons. The van der Waals surface area contributed by atoms with Gasteiger partial charge in [0.1, 0.15) is 11.6 Å². The van der Waals surface area contributed by atoms with Gasteiger partial charge < -0.3 is 9.47 Å². The number of hydrogen-bond acceptors (Lipinski definition) is 6. The summed E-state index contributed by atoms with van der Waals surface area (Å²) in [6, 6.07) is -0.194. The number of esters is 2. The van der Waals surface area contributed by atoms with Gasteiger partial charge in [-0.15, -0.1) is 13.2 Å². The van der Waals surface area contributed by atoms with E-state index in [4.69, 9.17) is 79.1 Å². The molecule has 4 atom stereocenters. The Bertz CT molecular complexity index is 747. The smallest absolute Gasteiger partial charge is 0.328 e. The lowest BCUT2D eigenvalue weighted by Gasteiger charge is -2.31. The molecule has 0 aromatic carbocycles. The van der Waals surface area contributed by atoms with Crippen molar-refractivity contribution in [2.45, 2.75) is 63.7 Å². The van der Waals surface area contributed by atoms with Crippen molar-refractivity contribution in [1.82, 2.24) is 9.80 Å². The van der Waals surface area contributed by atoms with Gasteiger partial charge in [-0.2, -0.15) is 0 Å². The lowest BCUT2D eigenvalue weighted by molar-refractivity contribution is -0.145. The Hall–Kier alpha value is 0.560. The van der Waals surface area contributed by atoms with E-state index in [0.717, 1.165) is 37.6 Å². The van der Waals surface area contributed by atoms with Crippen molar-refractivity contribution in [2.75, 3.05) is 18.4 Å². The molecule has 13 heteroatoms. The van der Waals surface area contributed by atoms with E-state index in [9.17, 15) is 9.59 Å². The number of halogens is 7. The Morgan fingerprint density at radius 2 is 1.61 bits per heavy atom. The zero-order valence-electron chi connectivity index (χ0n) is 17.6. The molecule has 0 bridgehead atoms. The highest BCUT2D eigenvalue weighted by Gasteiger charge is 2.61. The van der Waals surface area contributed by atoms with E-state index in [0.29, 0.717) is 13.0 Å². The molecule has 6 nitrogen and oxygen atoms in total. The van der Waals surface area contributed by atoms with Gasteiger partial charge >= 0.3 is 11.9 Å². The molecule has 188 valence electrons. The van der Waals surface area contributed by atoms with Crippen molar-refractivity contribution >= 4 is 97.5 Å². The summed E-state index contributed by atoms with van der Waals surface area (Å²) >= 11 is 37.6. The van der Waals surface area contributed by atoms with Gasteiger partial charge in [-0.25, -0.2) is 9.69 Å². The first-order chi connectivity index (χ1) is 15.3. The highest BCUT2D eigenvalue weighted by Crippen LogP contribution is 2.48. The maximum absolute atomic E-state index is 11.9. The number of carbonyl (C=O) groups is 2. The first-order valence-corrected chi connectivity index (χ1v) is 13.6. The lowest BCUT2D eigenvalue weighted by atomic mass is 9.93. The van der Waals surface area contributed by atoms with Crippen LogP contribution in [0.15, 0.2) is 25.3 Å². The summed E-state index contributed by atoms with van der Waals surface area (Å²) in [5, 5.41) is 0.896. The van der Waals surface area contributed by atoms with Crippen LogP contribution in [0.1, 0.15) is 32.1 Å². The molecule has 4 aliphatic rings. The first-order valence-electron chi connectivity index (χ1n) is 10.2. The fourth-order valence-electron chi connectivity index (χ4n) is 4.35. The van der Waals surface area contributed by atoms with Crippen molar-refractivity contribution in [3.63, 3.8) is 0 Å². The fourth-order valence-corrected chi connectivity index (χ4v) is 5.35. The summed E-state index contributed by atoms with van der Waals surface area (Å²) in [5.41, 5.74) is -0.656. The topological polar surface area (TPSA) is 59.1 Å². The number of carbonyl (C=O) groups excluding carboxylic acids is 2. The molecule has 0 aromatic rings. The number of allylic oxidation sites excluding steroid dienone is 1. The summed E-state index contributed by atoms with van der Waals surface area (Å²) in [6.07, 6.45) is 5.93. The summed E-state index contributed by atoms with van der Waals surface area (Å²) in [6.45, 7) is 8.57. The Balaban J connectivity index is 0.000000204. The molecule has 0 spiro atoms. The molecular formula is C20H25BrCl6N2O4. The number of cyclic esters (lactones) is 2. The van der Waals surface area contributed by atoms with Gasteiger partial charge in [-0.05, 0) is 32.1 Å². The van der Waals surface area contributed by atoms with E-state index < -0.39 is 25.6 Å². The van der Waals surface area contributed by atoms with Gasteiger partial charge in [-0.3, -0.25) is 9.69 Å². The van der Waals surface area contributed by atoms with Gasteiger partial charge in [0.05, 0.1) is 0 Å². The Labute approximate surface area is 232 Å². The van der Waals surface area contributed by atoms with Gasteiger partial charge in [0.2, 0.25) is 20.0 Å². The molecule has 4 rings (SSSR count). The second kappa shape index (κ2) is 12.2. The molecular weight excluding hydrogens is 625 g/mol. The van der Waals surface area contributed by atoms with Crippen molar-refractivity contribution in [1.29, 1.82) is 0 Å². The summed E-state index contributed by atoms with van der Waals surface area (Å²) in [7, 11) is 0. The molecule has 0 aliphatic carbocycles. The van der Waals surface area contributed by atoms with Crippen molar-refractivity contribution in [3.8, 4) is 0 Å². The van der Waals surface area contributed by atoms with Crippen LogP contribution in [0.25, 0.3) is 0 Å². The van der Waals surface area contributed by atoms with E-state index in [2.05, 4.69) is 29.1 Å². The number of rotatable bonds is 3. The summed E-state index contributed by atoms with van der Waals surface area (Å²) in [5.74, 6) is -0.574. The molecule has 0 N–H and O–H groups in total. The number of fused-ring (bicyclic) bond motifs is 2. The zero-order chi connectivity index (χ0) is 25.0. The van der Waals surface area contributed by atoms with Crippen LogP contribution in [0.3, 0.4) is 0 Å². The predicted octanol–water partition coefficient (Wildman–Crippen LogP) is 5.92. The molecule has 0 saturated carbocycles. The van der Waals surface area contributed by atoms with E-state index >= 15 is 0 Å². The standard InChI is InChI=1S/C10H12Cl3NO2.C7H8Cl3NO2.C3H5Br/c1-2-4-9-5-3-6-14(9)7(10(11,12)13)16-8(9)15;8-7(9,10)6-11-3-1-2-4(11)5(12)13-6;1-2-3-4/h2,7H,1,3-6H2;4,6H,1-3H2;2H,1,3H2. The Kier molecular flexibility index (Phi) is 11.0. The minimum absolute atomic E-state index is 0.194. The SMILES string of the molecule is C=CCBr.C=CCC12CCCN1C(C(Cl)(Cl)Cl)OC2=O.O=C1OC(C(Cl)(Cl)Cl)N2CCCC12. The van der Waals surface area contributed by atoms with Crippen LogP contribution in [-0.2, 0) is 19.1 Å². The van der Waals surface area contributed by atoms with Crippen molar-refractivity contribution in [2.24, 2.45) is 0 Å². The second-order valence-electron chi connectivity index (χ2n) is 7.79. The predicted molar refractivity (Wildman–Crippen MR) is 138 cm³/mol. The third-order valence-electron chi connectivity index (χ3n) is 5.67. The fraction of sp³-hybridized carbons (Fsp3) is 0.700. The highest BCUT2D eigenvalue weighted by molar-refractivity contribution is 9.09. The zero-order valence-corrected chi connectivity index (χ0v) is 23.8. The third-order valence-corrected chi connectivity index (χ3v) is 7.25. The first kappa shape index (κ1) is 29.8. The van der Waals surface area contributed by atoms with Gasteiger partial charge in [0, 0.05) is 18.4 Å². The molecule has 0 amide bonds. The van der Waals surface area contributed by atoms with Gasteiger partial charge in [0.15, 0.2) is 0 Å². The van der Waals surface area contributed by atoms with Crippen LogP contribution < -0.4 is 0 Å². The van der Waals surface area contributed by atoms with E-state index in [-0.39, 0.29) is 18.0 Å². The number of ether oxygens (including phenoxy) is 2. The van der Waals surface area contributed by atoms with Crippen LogP contribution in [0.4, 0.5) is 0 Å². The van der Waals surface area contributed by atoms with E-state index in [1.54, 1.807) is 12.2 Å². The average molecular weight is 650 g/mol. The average Bonchev–Trinajstić information content (AvgIpc) is 3.46. The van der Waals surface area contributed by atoms with Crippen LogP contribution >= 0.6 is 85.5 Å². The second-order valence-corrected chi connectivity index (χ2v) is 13.2. The monoisotopic (exact) mass is 646 g/mol. The van der Waals surface area contributed by atoms with E-state index in [1.807, 2.05) is 9.80 Å². The molecule has 4 saturated heterocycles. The maximum atomic E-state index is 11.9. The normalized spacial score (nSPS) is 31.4. The molecule has 0 aromatic heterocycles. The third kappa shape index (κ3) is 6.86. The highest BCUT2D eigenvalue weighted by atomic mass is 79.9. The van der Waals surface area contributed by atoms with Crippen LogP contribution in [-0.4, -0.2) is 71.8 Å². The Morgan fingerprint density at radius 3 is 2.12 bits per heavy atom. The molecule has 4 fully saturated rings. The maximum Gasteiger partial charge on any atom is 0.328 e. The molecule has 33 heavy (non-hydrogen) atoms. The van der Waals surface area contributed by atoms with Crippen molar-refractivity contribution < 1.29 is 19.1 Å². The van der Waals surface area contributed by atoms with Crippen LogP contribution in [0.2, 0.25) is 0 Å². The minimum Gasteiger partial charge on any atom is -0.440 e. The number of hydrogen-bond donors (Lipinski definition) is 0. The number of nitrogens with zero attached hydrogens (tertiary/aromatic N) is 2. The largest absolute Gasteiger partial charge is 0.440 e. The van der Waals surface area contributed by atoms with Crippen LogP contribution in [0, 0.1) is 0 Å². The Morgan fingerprint density at radius 1 is 1.00 bits per heavy atom. The lowest BCUT2D eigenvalue weighted by Crippen LogP contribution is -2.48.